The van der Waals surface area contributed by atoms with Gasteiger partial charge in [0.25, 0.3) is 0 Å². The molecule has 1 unspecified atom stereocenters. The van der Waals surface area contributed by atoms with Crippen LogP contribution in [0.4, 0.5) is 4.79 Å². The average molecular weight is 572 g/mol. The summed E-state index contributed by atoms with van der Waals surface area (Å²) in [5, 5.41) is 10.5. The highest BCUT2D eigenvalue weighted by atomic mass is 32.2. The Morgan fingerprint density at radius 1 is 0.950 bits per heavy atom. The van der Waals surface area contributed by atoms with Crippen molar-refractivity contribution < 1.29 is 38.5 Å². The fraction of sp³-hybridized carbons (Fsp3) is 0.467. The summed E-state index contributed by atoms with van der Waals surface area (Å²) < 4.78 is 16.2. The van der Waals surface area contributed by atoms with Crippen molar-refractivity contribution in [2.75, 3.05) is 6.61 Å². The zero-order valence-corrected chi connectivity index (χ0v) is 23.9. The Balaban J connectivity index is 1.80. The topological polar surface area (TPSA) is 128 Å². The molecule has 1 aliphatic rings. The van der Waals surface area contributed by atoms with E-state index in [4.69, 9.17) is 19.3 Å². The molecular formula is C30H37NO8S. The van der Waals surface area contributed by atoms with E-state index in [0.717, 1.165) is 55.0 Å². The van der Waals surface area contributed by atoms with E-state index in [1.165, 1.54) is 0 Å². The minimum absolute atomic E-state index is 0.176. The number of carboxylic acid groups (broad SMARTS) is 1. The number of alkyl carbamates (subject to hydrolysis) is 1. The molecule has 0 radical (unpaired) electrons. The Hall–Kier alpha value is -3.53. The van der Waals surface area contributed by atoms with Gasteiger partial charge in [0.05, 0.1) is 11.7 Å². The van der Waals surface area contributed by atoms with E-state index in [-0.39, 0.29) is 12.5 Å². The van der Waals surface area contributed by atoms with Gasteiger partial charge in [0.1, 0.15) is 23.5 Å². The van der Waals surface area contributed by atoms with E-state index in [1.54, 1.807) is 45.0 Å². The van der Waals surface area contributed by atoms with Crippen molar-refractivity contribution in [3.63, 3.8) is 0 Å². The number of benzene rings is 2. The highest BCUT2D eigenvalue weighted by Gasteiger charge is 2.31. The van der Waals surface area contributed by atoms with Crippen LogP contribution in [0.5, 0.6) is 5.75 Å². The molecule has 0 spiro atoms. The van der Waals surface area contributed by atoms with Crippen molar-refractivity contribution in [2.45, 2.75) is 82.3 Å². The predicted molar refractivity (Wildman–Crippen MR) is 151 cm³/mol. The molecule has 0 aromatic heterocycles. The number of hydrogen-bond acceptors (Lipinski definition) is 8. The predicted octanol–water partition coefficient (Wildman–Crippen LogP) is 5.66. The maximum absolute atomic E-state index is 13.7. The van der Waals surface area contributed by atoms with Crippen molar-refractivity contribution in [2.24, 2.45) is 0 Å². The maximum atomic E-state index is 13.7. The SMILES string of the molecule is CC(C)(C)OC(=O)N[C@@H](CC(=O)OC1CCCCC1)C(=O)SC(c1ccccc1)c1ccc(OCC(=O)O)cc1. The average Bonchev–Trinajstić information content (AvgIpc) is 2.90. The van der Waals surface area contributed by atoms with Gasteiger partial charge >= 0.3 is 18.0 Å². The molecular weight excluding hydrogens is 534 g/mol. The van der Waals surface area contributed by atoms with Gasteiger partial charge in [-0.3, -0.25) is 9.59 Å². The Kier molecular flexibility index (Phi) is 11.4. The van der Waals surface area contributed by atoms with Crippen LogP contribution in [-0.4, -0.2) is 52.6 Å². The molecule has 0 saturated heterocycles. The quantitative estimate of drug-likeness (QED) is 0.328. The monoisotopic (exact) mass is 571 g/mol. The summed E-state index contributed by atoms with van der Waals surface area (Å²) in [4.78, 5) is 49.9. The molecule has 2 aromatic rings. The lowest BCUT2D eigenvalue weighted by molar-refractivity contribution is -0.151. The third kappa shape index (κ3) is 10.6. The van der Waals surface area contributed by atoms with E-state index in [2.05, 4.69) is 5.32 Å². The minimum atomic E-state index is -1.17. The Morgan fingerprint density at radius 2 is 1.57 bits per heavy atom. The summed E-state index contributed by atoms with van der Waals surface area (Å²) in [5.41, 5.74) is 0.804. The normalized spacial score (nSPS) is 15.4. The lowest BCUT2D eigenvalue weighted by atomic mass is 9.98. The lowest BCUT2D eigenvalue weighted by Crippen LogP contribution is -2.44. The largest absolute Gasteiger partial charge is 0.482 e. The second-order valence-corrected chi connectivity index (χ2v) is 11.7. The number of hydrogen-bond donors (Lipinski definition) is 2. The van der Waals surface area contributed by atoms with Crippen LogP contribution in [0.15, 0.2) is 54.6 Å². The summed E-state index contributed by atoms with van der Waals surface area (Å²) in [5.74, 6) is -1.25. The molecule has 0 bridgehead atoms. The Labute approximate surface area is 239 Å². The van der Waals surface area contributed by atoms with Gasteiger partial charge in [-0.1, -0.05) is 60.6 Å². The van der Waals surface area contributed by atoms with Gasteiger partial charge in [-0.15, -0.1) is 0 Å². The minimum Gasteiger partial charge on any atom is -0.482 e. The van der Waals surface area contributed by atoms with Crippen molar-refractivity contribution >= 4 is 34.9 Å². The van der Waals surface area contributed by atoms with Gasteiger partial charge < -0.3 is 24.6 Å². The molecule has 10 heteroatoms. The van der Waals surface area contributed by atoms with Crippen LogP contribution in [0.2, 0.25) is 0 Å². The zero-order chi connectivity index (χ0) is 29.1. The summed E-state index contributed by atoms with van der Waals surface area (Å²) >= 11 is 0.979. The number of nitrogens with one attached hydrogen (secondary N) is 1. The van der Waals surface area contributed by atoms with E-state index in [9.17, 15) is 19.2 Å². The zero-order valence-electron chi connectivity index (χ0n) is 23.1. The number of amides is 1. The number of esters is 1. The first-order chi connectivity index (χ1) is 19.0. The maximum Gasteiger partial charge on any atom is 0.408 e. The summed E-state index contributed by atoms with van der Waals surface area (Å²) in [6, 6.07) is 15.0. The fourth-order valence-electron chi connectivity index (χ4n) is 4.27. The number of aliphatic carboxylic acids is 1. The van der Waals surface area contributed by atoms with Crippen molar-refractivity contribution in [3.05, 3.63) is 65.7 Å². The van der Waals surface area contributed by atoms with E-state index >= 15 is 0 Å². The molecule has 1 fully saturated rings. The van der Waals surface area contributed by atoms with Gasteiger partial charge in [0.15, 0.2) is 6.61 Å². The van der Waals surface area contributed by atoms with Gasteiger partial charge in [-0.05, 0) is 69.7 Å². The van der Waals surface area contributed by atoms with Crippen molar-refractivity contribution in [1.82, 2.24) is 5.32 Å². The molecule has 40 heavy (non-hydrogen) atoms. The number of carbonyl (C=O) groups is 4. The van der Waals surface area contributed by atoms with Crippen LogP contribution in [0.25, 0.3) is 0 Å². The first-order valence-corrected chi connectivity index (χ1v) is 14.3. The molecule has 0 aliphatic heterocycles. The molecule has 1 saturated carbocycles. The highest BCUT2D eigenvalue weighted by molar-refractivity contribution is 8.14. The van der Waals surface area contributed by atoms with Crippen LogP contribution in [0, 0.1) is 0 Å². The summed E-state index contributed by atoms with van der Waals surface area (Å²) in [6.07, 6.45) is 3.39. The van der Waals surface area contributed by atoms with E-state index < -0.39 is 46.6 Å². The van der Waals surface area contributed by atoms with E-state index in [1.807, 2.05) is 30.3 Å². The Morgan fingerprint density at radius 3 is 2.17 bits per heavy atom. The molecule has 2 N–H and O–H groups in total. The van der Waals surface area contributed by atoms with Crippen LogP contribution in [0.1, 0.15) is 75.7 Å². The standard InChI is InChI=1S/C30H37NO8S/c1-30(2,3)39-29(36)31-24(18-26(34)38-23-12-8-5-9-13-23)28(35)40-27(20-10-6-4-7-11-20)21-14-16-22(17-15-21)37-19-25(32)33/h4,6-7,10-11,14-17,23-24,27H,5,8-9,12-13,18-19H2,1-3H3,(H,31,36)(H,32,33)/t24-,27?/m0/s1. The summed E-state index contributed by atoms with van der Waals surface area (Å²) in [7, 11) is 0. The number of carboxylic acids is 1. The van der Waals surface area contributed by atoms with Crippen molar-refractivity contribution in [3.8, 4) is 5.75 Å². The Bertz CT molecular complexity index is 1140. The number of rotatable bonds is 11. The van der Waals surface area contributed by atoms with Crippen LogP contribution >= 0.6 is 11.8 Å². The third-order valence-electron chi connectivity index (χ3n) is 6.08. The smallest absolute Gasteiger partial charge is 0.408 e. The van der Waals surface area contributed by atoms with Gasteiger partial charge in [-0.2, -0.15) is 0 Å². The third-order valence-corrected chi connectivity index (χ3v) is 7.37. The molecule has 1 amide bonds. The van der Waals surface area contributed by atoms with E-state index in [0.29, 0.717) is 5.75 Å². The molecule has 2 aromatic carbocycles. The van der Waals surface area contributed by atoms with Crippen LogP contribution < -0.4 is 10.1 Å². The first-order valence-electron chi connectivity index (χ1n) is 13.4. The molecule has 3 rings (SSSR count). The number of thioether (sulfide) groups is 1. The second-order valence-electron chi connectivity index (χ2n) is 10.6. The van der Waals surface area contributed by atoms with Gasteiger partial charge in [-0.25, -0.2) is 9.59 Å². The lowest BCUT2D eigenvalue weighted by Gasteiger charge is -2.25. The number of carbonyl (C=O) groups excluding carboxylic acids is 3. The molecule has 2 atom stereocenters. The summed E-state index contributed by atoms with van der Waals surface area (Å²) in [6.45, 7) is 4.67. The first kappa shape index (κ1) is 31.0. The van der Waals surface area contributed by atoms with Gasteiger partial charge in [0, 0.05) is 0 Å². The highest BCUT2D eigenvalue weighted by Crippen LogP contribution is 2.38. The molecule has 9 nitrogen and oxygen atoms in total. The van der Waals surface area contributed by atoms with Crippen LogP contribution in [0.3, 0.4) is 0 Å². The van der Waals surface area contributed by atoms with Gasteiger partial charge in [0.2, 0.25) is 5.12 Å². The molecule has 0 heterocycles. The molecule has 216 valence electrons. The second kappa shape index (κ2) is 14.7. The fourth-order valence-corrected chi connectivity index (χ4v) is 5.39. The van der Waals surface area contributed by atoms with Crippen LogP contribution in [-0.2, 0) is 23.9 Å². The number of ether oxygens (including phenoxy) is 3. The van der Waals surface area contributed by atoms with Crippen molar-refractivity contribution in [1.29, 1.82) is 0 Å². The molecule has 1 aliphatic carbocycles.